The van der Waals surface area contributed by atoms with Gasteiger partial charge in [0, 0.05) is 17.9 Å². The van der Waals surface area contributed by atoms with E-state index in [4.69, 9.17) is 5.11 Å². The number of benzene rings is 1. The molecule has 0 saturated heterocycles. The van der Waals surface area contributed by atoms with Gasteiger partial charge in [0.05, 0.1) is 0 Å². The highest BCUT2D eigenvalue weighted by atomic mass is 16.4. The highest BCUT2D eigenvalue weighted by Gasteiger charge is 2.11. The van der Waals surface area contributed by atoms with Crippen LogP contribution in [0.2, 0.25) is 0 Å². The second-order valence-corrected chi connectivity index (χ2v) is 3.88. The van der Waals surface area contributed by atoms with E-state index in [0.717, 1.165) is 29.8 Å². The van der Waals surface area contributed by atoms with Crippen molar-refractivity contribution in [3.05, 3.63) is 41.6 Å². The first-order chi connectivity index (χ1) is 7.65. The van der Waals surface area contributed by atoms with E-state index < -0.39 is 6.09 Å². The Bertz CT molecular complexity index is 441. The molecule has 1 amide bonds. The summed E-state index contributed by atoms with van der Waals surface area (Å²) in [5.41, 5.74) is 4.26. The molecule has 3 N–H and O–H groups in total. The van der Waals surface area contributed by atoms with Crippen molar-refractivity contribution in [1.29, 1.82) is 0 Å². The van der Waals surface area contributed by atoms with E-state index in [-0.39, 0.29) is 0 Å². The molecule has 2 rings (SSSR count). The van der Waals surface area contributed by atoms with Gasteiger partial charge < -0.3 is 15.7 Å². The lowest BCUT2D eigenvalue weighted by atomic mass is 10.00. The Balaban J connectivity index is 2.14. The number of anilines is 1. The molecule has 1 aliphatic rings. The minimum absolute atomic E-state index is 0.330. The molecule has 1 heterocycles. The average molecular weight is 218 g/mol. The number of hydrogen-bond acceptors (Lipinski definition) is 2. The predicted molar refractivity (Wildman–Crippen MR) is 62.4 cm³/mol. The summed E-state index contributed by atoms with van der Waals surface area (Å²) >= 11 is 0. The first kappa shape index (κ1) is 10.5. The molecule has 1 aromatic carbocycles. The summed E-state index contributed by atoms with van der Waals surface area (Å²) in [5, 5.41) is 14.1. The third kappa shape index (κ3) is 2.34. The summed E-state index contributed by atoms with van der Waals surface area (Å²) in [7, 11) is 0. The molecule has 4 nitrogen and oxygen atoms in total. The molecule has 1 aliphatic heterocycles. The van der Waals surface area contributed by atoms with Gasteiger partial charge in [-0.3, -0.25) is 0 Å². The van der Waals surface area contributed by atoms with E-state index in [0.29, 0.717) is 6.54 Å². The Morgan fingerprint density at radius 1 is 1.50 bits per heavy atom. The molecule has 84 valence electrons. The third-order valence-electron chi connectivity index (χ3n) is 2.63. The van der Waals surface area contributed by atoms with Crippen LogP contribution >= 0.6 is 0 Å². The Labute approximate surface area is 94.0 Å². The number of hydrogen-bond donors (Lipinski definition) is 3. The lowest BCUT2D eigenvalue weighted by Gasteiger charge is -2.20. The normalized spacial score (nSPS) is 13.9. The molecule has 0 spiro atoms. The quantitative estimate of drug-likeness (QED) is 0.714. The summed E-state index contributed by atoms with van der Waals surface area (Å²) in [6.07, 6.45) is 0.947. The SMILES string of the molecule is C=C1CCc2ccc(CNC(=O)O)cc2N1. The Kier molecular flexibility index (Phi) is 2.81. The van der Waals surface area contributed by atoms with Crippen molar-refractivity contribution in [2.24, 2.45) is 0 Å². The van der Waals surface area contributed by atoms with Gasteiger partial charge in [-0.05, 0) is 30.0 Å². The number of aryl methyl sites for hydroxylation is 1. The predicted octanol–water partition coefficient (Wildman–Crippen LogP) is 2.33. The largest absolute Gasteiger partial charge is 0.465 e. The fourth-order valence-corrected chi connectivity index (χ4v) is 1.78. The van der Waals surface area contributed by atoms with Gasteiger partial charge in [0.2, 0.25) is 0 Å². The van der Waals surface area contributed by atoms with Crippen molar-refractivity contribution in [2.75, 3.05) is 5.32 Å². The number of nitrogens with one attached hydrogen (secondary N) is 2. The van der Waals surface area contributed by atoms with Crippen LogP contribution < -0.4 is 10.6 Å². The summed E-state index contributed by atoms with van der Waals surface area (Å²) < 4.78 is 0. The van der Waals surface area contributed by atoms with Crippen LogP contribution in [-0.4, -0.2) is 11.2 Å². The van der Waals surface area contributed by atoms with E-state index in [1.165, 1.54) is 5.56 Å². The van der Waals surface area contributed by atoms with Crippen LogP contribution in [0.15, 0.2) is 30.5 Å². The monoisotopic (exact) mass is 218 g/mol. The molecule has 0 aromatic heterocycles. The van der Waals surface area contributed by atoms with Crippen LogP contribution in [-0.2, 0) is 13.0 Å². The van der Waals surface area contributed by atoms with Crippen LogP contribution in [0.25, 0.3) is 0 Å². The fourth-order valence-electron chi connectivity index (χ4n) is 1.78. The number of allylic oxidation sites excluding steroid dienone is 1. The standard InChI is InChI=1S/C12H14N2O2/c1-8-2-4-10-5-3-9(6-11(10)14-8)7-13-12(15)16/h3,5-6,13-14H,1-2,4,7H2,(H,15,16). The summed E-state index contributed by atoms with van der Waals surface area (Å²) in [4.78, 5) is 10.4. The highest BCUT2D eigenvalue weighted by Crippen LogP contribution is 2.26. The smallest absolute Gasteiger partial charge is 0.404 e. The fraction of sp³-hybridized carbons (Fsp3) is 0.250. The van der Waals surface area contributed by atoms with Crippen molar-refractivity contribution in [2.45, 2.75) is 19.4 Å². The van der Waals surface area contributed by atoms with Gasteiger partial charge in [-0.15, -0.1) is 0 Å². The molecule has 0 unspecified atom stereocenters. The average Bonchev–Trinajstić information content (AvgIpc) is 2.25. The highest BCUT2D eigenvalue weighted by molar-refractivity contribution is 5.65. The zero-order chi connectivity index (χ0) is 11.5. The molecular weight excluding hydrogens is 204 g/mol. The zero-order valence-corrected chi connectivity index (χ0v) is 8.92. The maximum absolute atomic E-state index is 10.4. The first-order valence-corrected chi connectivity index (χ1v) is 5.18. The van der Waals surface area contributed by atoms with E-state index in [2.05, 4.69) is 17.2 Å². The van der Waals surface area contributed by atoms with Crippen LogP contribution in [0, 0.1) is 0 Å². The Morgan fingerprint density at radius 3 is 3.06 bits per heavy atom. The van der Waals surface area contributed by atoms with Crippen molar-refractivity contribution < 1.29 is 9.90 Å². The van der Waals surface area contributed by atoms with Crippen LogP contribution in [0.5, 0.6) is 0 Å². The summed E-state index contributed by atoms with van der Waals surface area (Å²) in [5.74, 6) is 0. The number of carbonyl (C=O) groups is 1. The van der Waals surface area contributed by atoms with Crippen molar-refractivity contribution >= 4 is 11.8 Å². The number of carboxylic acid groups (broad SMARTS) is 1. The van der Waals surface area contributed by atoms with Crippen LogP contribution in [0.3, 0.4) is 0 Å². The number of rotatable bonds is 2. The molecule has 0 aliphatic carbocycles. The topological polar surface area (TPSA) is 61.4 Å². The second kappa shape index (κ2) is 4.26. The van der Waals surface area contributed by atoms with Gasteiger partial charge in [0.25, 0.3) is 0 Å². The van der Waals surface area contributed by atoms with Gasteiger partial charge in [-0.1, -0.05) is 18.7 Å². The van der Waals surface area contributed by atoms with Gasteiger partial charge in [0.15, 0.2) is 0 Å². The lowest BCUT2D eigenvalue weighted by molar-refractivity contribution is 0.194. The molecule has 16 heavy (non-hydrogen) atoms. The molecule has 0 atom stereocenters. The molecular formula is C12H14N2O2. The number of amides is 1. The Morgan fingerprint density at radius 2 is 2.31 bits per heavy atom. The molecule has 0 fully saturated rings. The van der Waals surface area contributed by atoms with E-state index in [1.807, 2.05) is 18.2 Å². The Hall–Kier alpha value is -1.97. The maximum atomic E-state index is 10.4. The van der Waals surface area contributed by atoms with Crippen molar-refractivity contribution in [1.82, 2.24) is 5.32 Å². The summed E-state index contributed by atoms with van der Waals surface area (Å²) in [6.45, 7) is 4.23. The maximum Gasteiger partial charge on any atom is 0.404 e. The van der Waals surface area contributed by atoms with Gasteiger partial charge >= 0.3 is 6.09 Å². The lowest BCUT2D eigenvalue weighted by Crippen LogP contribution is -2.20. The van der Waals surface area contributed by atoms with Crippen molar-refractivity contribution in [3.63, 3.8) is 0 Å². The summed E-state index contributed by atoms with van der Waals surface area (Å²) in [6, 6.07) is 5.95. The third-order valence-corrected chi connectivity index (χ3v) is 2.63. The number of fused-ring (bicyclic) bond motifs is 1. The van der Waals surface area contributed by atoms with E-state index >= 15 is 0 Å². The van der Waals surface area contributed by atoms with Gasteiger partial charge in [-0.25, -0.2) is 4.79 Å². The molecule has 0 saturated carbocycles. The molecule has 0 radical (unpaired) electrons. The molecule has 1 aromatic rings. The van der Waals surface area contributed by atoms with Crippen LogP contribution in [0.1, 0.15) is 17.5 Å². The van der Waals surface area contributed by atoms with E-state index in [1.54, 1.807) is 0 Å². The van der Waals surface area contributed by atoms with Gasteiger partial charge in [-0.2, -0.15) is 0 Å². The first-order valence-electron chi connectivity index (χ1n) is 5.18. The van der Waals surface area contributed by atoms with Crippen molar-refractivity contribution in [3.8, 4) is 0 Å². The van der Waals surface area contributed by atoms with E-state index in [9.17, 15) is 4.79 Å². The molecule has 0 bridgehead atoms. The van der Waals surface area contributed by atoms with Crippen LogP contribution in [0.4, 0.5) is 10.5 Å². The minimum atomic E-state index is -1.00. The second-order valence-electron chi connectivity index (χ2n) is 3.88. The zero-order valence-electron chi connectivity index (χ0n) is 8.92. The molecule has 4 heteroatoms. The minimum Gasteiger partial charge on any atom is -0.465 e. The van der Waals surface area contributed by atoms with Gasteiger partial charge in [0.1, 0.15) is 0 Å².